The van der Waals surface area contributed by atoms with Crippen LogP contribution in [0.15, 0.2) is 163 Å². The van der Waals surface area contributed by atoms with Gasteiger partial charge in [0.25, 0.3) is 5.91 Å². The quantitative estimate of drug-likeness (QED) is 0.0726. The minimum absolute atomic E-state index is 0. The van der Waals surface area contributed by atoms with Gasteiger partial charge < -0.3 is 31.6 Å². The molecule has 252 valence electrons. The second kappa shape index (κ2) is 15.6. The lowest BCUT2D eigenvalue weighted by Gasteiger charge is -2.49. The molecule has 5 aromatic carbocycles. The second-order valence-electron chi connectivity index (χ2n) is 11.9. The zero-order chi connectivity index (χ0) is 33.8. The normalized spacial score (nSPS) is 18.4. The molecule has 0 aliphatic carbocycles. The molecule has 3 atom stereocenters. The van der Waals surface area contributed by atoms with Crippen molar-refractivity contribution >= 4 is 52.6 Å². The van der Waals surface area contributed by atoms with Crippen LogP contribution >= 0.6 is 7.26 Å². The molecule has 1 saturated heterocycles. The van der Waals surface area contributed by atoms with Gasteiger partial charge in [-0.2, -0.15) is 0 Å². The fourth-order valence-electron chi connectivity index (χ4n) is 6.86. The summed E-state index contributed by atoms with van der Waals surface area (Å²) in [7, 11) is -2.56. The Morgan fingerprint density at radius 3 is 1.62 bits per heavy atom. The van der Waals surface area contributed by atoms with Gasteiger partial charge in [-0.25, -0.2) is 4.79 Å². The first-order valence-electron chi connectivity index (χ1n) is 16.0. The smallest absolute Gasteiger partial charge is 0.356 e. The molecule has 0 bridgehead atoms. The number of esters is 1. The number of nitrogens with one attached hydrogen (secondary N) is 1. The number of fused-ring (bicyclic) bond motifs is 1. The lowest BCUT2D eigenvalue weighted by Crippen LogP contribution is -3.00. The van der Waals surface area contributed by atoms with Crippen LogP contribution in [0.3, 0.4) is 0 Å². The predicted octanol–water partition coefficient (Wildman–Crippen LogP) is 1.62. The van der Waals surface area contributed by atoms with E-state index >= 15 is 0 Å². The Labute approximate surface area is 305 Å². The first-order valence-corrected chi connectivity index (χ1v) is 19.4. The molecule has 1 fully saturated rings. The van der Waals surface area contributed by atoms with Crippen molar-refractivity contribution < 1.29 is 40.7 Å². The molecule has 2 amide bonds. The molecule has 50 heavy (non-hydrogen) atoms. The maximum absolute atomic E-state index is 14.7. The number of hydrogen-bond acceptors (Lipinski definition) is 5. The van der Waals surface area contributed by atoms with E-state index in [1.54, 1.807) is 0 Å². The van der Waals surface area contributed by atoms with Crippen molar-refractivity contribution in [3.8, 4) is 0 Å². The number of nitrogens with zero attached hydrogens (tertiary/aromatic N) is 1. The van der Waals surface area contributed by atoms with Crippen molar-refractivity contribution in [1.29, 1.82) is 0 Å². The Bertz CT molecular complexity index is 1830. The summed E-state index contributed by atoms with van der Waals surface area (Å²) in [6.07, 6.45) is 0.0308. The fourth-order valence-corrected chi connectivity index (χ4v) is 13.0. The summed E-state index contributed by atoms with van der Waals surface area (Å²) >= 11 is -1.60. The first-order chi connectivity index (χ1) is 24.0. The maximum Gasteiger partial charge on any atom is 0.356 e. The van der Waals surface area contributed by atoms with Crippen molar-refractivity contribution in [2.45, 2.75) is 17.5 Å². The average Bonchev–Trinajstić information content (AvgIpc) is 3.16. The Morgan fingerprint density at radius 1 is 0.780 bits per heavy atom. The van der Waals surface area contributed by atoms with Crippen LogP contribution in [0.1, 0.15) is 17.2 Å². The number of ether oxygens (including phenoxy) is 1. The average molecular weight is 766 g/mol. The van der Waals surface area contributed by atoms with E-state index in [2.05, 4.69) is 41.7 Å². The highest BCUT2D eigenvalue weighted by atomic mass is 79.9. The van der Waals surface area contributed by atoms with Crippen LogP contribution < -0.4 is 38.2 Å². The summed E-state index contributed by atoms with van der Waals surface area (Å²) in [5.74, 6) is -1.13. The largest absolute Gasteiger partial charge is 1.00 e. The molecule has 2 aliphatic heterocycles. The molecule has 0 spiro atoms. The molecular weight excluding hydrogens is 731 g/mol. The van der Waals surface area contributed by atoms with E-state index in [4.69, 9.17) is 4.74 Å². The summed E-state index contributed by atoms with van der Waals surface area (Å²) < 4.78 is 20.4. The van der Waals surface area contributed by atoms with E-state index in [-0.39, 0.29) is 28.4 Å². The summed E-state index contributed by atoms with van der Waals surface area (Å²) in [6.45, 7) is 0. The van der Waals surface area contributed by atoms with Gasteiger partial charge in [-0.3, -0.25) is 14.5 Å². The molecule has 7 nitrogen and oxygen atoms in total. The van der Waals surface area contributed by atoms with Crippen molar-refractivity contribution in [1.82, 2.24) is 10.2 Å². The summed E-state index contributed by atoms with van der Waals surface area (Å²) in [5.41, 5.74) is 2.23. The fraction of sp³-hybridized carbons (Fsp3) is 0.125. The Morgan fingerprint density at radius 2 is 1.20 bits per heavy atom. The van der Waals surface area contributed by atoms with Crippen molar-refractivity contribution in [2.24, 2.45) is 0 Å². The molecule has 0 saturated carbocycles. The zero-order valence-corrected chi connectivity index (χ0v) is 30.2. The van der Waals surface area contributed by atoms with E-state index in [9.17, 15) is 18.9 Å². The highest BCUT2D eigenvalue weighted by molar-refractivity contribution is 7.96. The molecule has 1 unspecified atom stereocenters. The van der Waals surface area contributed by atoms with Gasteiger partial charge >= 0.3 is 5.97 Å². The predicted molar refractivity (Wildman–Crippen MR) is 194 cm³/mol. The maximum atomic E-state index is 14.7. The standard InChI is InChI=1S/C40H33N2O5PS.BrH/c43-28-41-35-38(44)42-36(40(45)47-37(29-16-6-1-7-17-29)30-18-8-2-9-19-30)31(27-49(46)39(35)42)26-48(32-20-10-3-11-21-32,33-22-12-4-13-23-33)34-24-14-5-15-25-34;/h1-25,28,35,37,39H,26-27H2;1H/t35-,39-,49?;/m1./s1. The lowest BCUT2D eigenvalue weighted by molar-refractivity contribution is -0.154. The molecule has 2 aliphatic rings. The van der Waals surface area contributed by atoms with Gasteiger partial charge in [-0.1, -0.05) is 115 Å². The first kappa shape index (κ1) is 35.3. The van der Waals surface area contributed by atoms with E-state index in [0.717, 1.165) is 27.0 Å². The number of amides is 2. The van der Waals surface area contributed by atoms with Gasteiger partial charge in [-0.15, -0.1) is 0 Å². The van der Waals surface area contributed by atoms with Crippen LogP contribution in [-0.4, -0.2) is 51.1 Å². The number of rotatable bonds is 11. The van der Waals surface area contributed by atoms with E-state index in [0.29, 0.717) is 18.1 Å². The van der Waals surface area contributed by atoms with E-state index < -0.39 is 47.8 Å². The second-order valence-corrected chi connectivity index (χ2v) is 16.9. The minimum atomic E-state index is -2.56. The molecule has 2 heterocycles. The Balaban J connectivity index is 0.00000432. The monoisotopic (exact) mass is 764 g/mol. The third-order valence-electron chi connectivity index (χ3n) is 9.09. The Kier molecular flexibility index (Phi) is 11.0. The molecule has 0 radical (unpaired) electrons. The van der Waals surface area contributed by atoms with Gasteiger partial charge in [-0.05, 0) is 58.7 Å². The zero-order valence-electron chi connectivity index (χ0n) is 26.9. The van der Waals surface area contributed by atoms with Gasteiger partial charge in [0.05, 0.1) is 0 Å². The summed E-state index contributed by atoms with van der Waals surface area (Å²) in [4.78, 5) is 41.2. The summed E-state index contributed by atoms with van der Waals surface area (Å²) in [5, 5.41) is 4.90. The molecular formula is C40H34BrN2O5PS. The van der Waals surface area contributed by atoms with Crippen LogP contribution in [0.25, 0.3) is 0 Å². The number of β-lactam (4-membered cyclic amide) rings is 1. The highest BCUT2D eigenvalue weighted by Crippen LogP contribution is 2.58. The topological polar surface area (TPSA) is 98.8 Å². The number of hydrogen-bond donors (Lipinski definition) is 1. The minimum Gasteiger partial charge on any atom is -1.00 e. The van der Waals surface area contributed by atoms with Crippen molar-refractivity contribution in [3.05, 3.63) is 174 Å². The van der Waals surface area contributed by atoms with Crippen LogP contribution in [0.2, 0.25) is 0 Å². The van der Waals surface area contributed by atoms with Crippen LogP contribution in [0.5, 0.6) is 0 Å². The molecule has 0 aromatic heterocycles. The van der Waals surface area contributed by atoms with Crippen LogP contribution in [0.4, 0.5) is 0 Å². The number of benzene rings is 5. The van der Waals surface area contributed by atoms with Crippen molar-refractivity contribution in [2.75, 3.05) is 11.9 Å². The third-order valence-corrected chi connectivity index (χ3v) is 15.1. The van der Waals surface area contributed by atoms with E-state index in [1.807, 2.05) is 115 Å². The lowest BCUT2D eigenvalue weighted by atomic mass is 10.0. The number of halogens is 1. The highest BCUT2D eigenvalue weighted by Gasteiger charge is 2.62. The van der Waals surface area contributed by atoms with Gasteiger partial charge in [0.1, 0.15) is 40.8 Å². The summed E-state index contributed by atoms with van der Waals surface area (Å²) in [6, 6.07) is 48.5. The third kappa shape index (κ3) is 6.54. The van der Waals surface area contributed by atoms with Gasteiger partial charge in [0, 0.05) is 5.57 Å². The molecule has 5 aromatic rings. The van der Waals surface area contributed by atoms with Crippen LogP contribution in [-0.2, 0) is 30.3 Å². The van der Waals surface area contributed by atoms with Gasteiger partial charge in [0.15, 0.2) is 12.1 Å². The Hall–Kier alpha value is -4.53. The van der Waals surface area contributed by atoms with Crippen molar-refractivity contribution in [3.63, 3.8) is 0 Å². The number of carbonyl (C=O) groups is 3. The molecule has 7 rings (SSSR count). The SMILES string of the molecule is O=CN[C@@H]1C(=O)N2C(C(=O)OC(c3ccccc3)c3ccccc3)=C(C[P+](c3ccccc3)(c3ccccc3)c3ccccc3)C[S+]([O-])[C@H]12.[Br-]. The number of carbonyl (C=O) groups excluding carboxylic acids is 3. The molecule has 1 N–H and O–H groups in total. The van der Waals surface area contributed by atoms with Gasteiger partial charge in [0.2, 0.25) is 11.8 Å². The van der Waals surface area contributed by atoms with E-state index in [1.165, 1.54) is 4.90 Å². The molecule has 10 heteroatoms. The van der Waals surface area contributed by atoms with Crippen LogP contribution in [0, 0.1) is 0 Å².